The number of benzene rings is 3. The van der Waals surface area contributed by atoms with Gasteiger partial charge in [-0.2, -0.15) is 5.10 Å². The number of hydrogen-bond donors (Lipinski definition) is 1. The predicted molar refractivity (Wildman–Crippen MR) is 124 cm³/mol. The Bertz CT molecular complexity index is 1300. The summed E-state index contributed by atoms with van der Waals surface area (Å²) in [6.07, 6.45) is 2.49. The number of hydrogen-bond acceptors (Lipinski definition) is 3. The summed E-state index contributed by atoms with van der Waals surface area (Å²) in [7, 11) is 0. The monoisotopic (exact) mass is 448 g/mol. The summed E-state index contributed by atoms with van der Waals surface area (Å²) >= 11 is 6.45. The average molecular weight is 449 g/mol. The third-order valence-corrected chi connectivity index (χ3v) is 6.50. The van der Waals surface area contributed by atoms with Crippen molar-refractivity contribution in [3.05, 3.63) is 83.1 Å². The van der Waals surface area contributed by atoms with Crippen LogP contribution in [0.1, 0.15) is 29.6 Å². The fraction of sp³-hybridized carbons (Fsp3) is 0.231. The summed E-state index contributed by atoms with van der Waals surface area (Å²) in [6, 6.07) is 19.1. The standard InChI is InChI=1S/C26H22ClFN2O2/c27-23-4-2-1-3-21(23)26-22-12-7-17(25(32)14-18(15-31)16-5-6-16)13-24(22)30(29-26)20-10-8-19(28)9-11-20/h1-4,7-13,16,18,31H,5-6,14-15H2. The molecule has 1 saturated carbocycles. The van der Waals surface area contributed by atoms with Crippen molar-refractivity contribution in [3.63, 3.8) is 0 Å². The van der Waals surface area contributed by atoms with Crippen LogP contribution in [0.25, 0.3) is 27.8 Å². The zero-order chi connectivity index (χ0) is 22.2. The van der Waals surface area contributed by atoms with Gasteiger partial charge in [-0.1, -0.05) is 35.9 Å². The summed E-state index contributed by atoms with van der Waals surface area (Å²) < 4.78 is 15.2. The zero-order valence-electron chi connectivity index (χ0n) is 17.3. The lowest BCUT2D eigenvalue weighted by atomic mass is 9.94. The van der Waals surface area contributed by atoms with Gasteiger partial charge in [-0.25, -0.2) is 9.07 Å². The lowest BCUT2D eigenvalue weighted by Gasteiger charge is -2.12. The molecule has 3 aromatic carbocycles. The van der Waals surface area contributed by atoms with Gasteiger partial charge in [-0.3, -0.25) is 4.79 Å². The normalized spacial score (nSPS) is 14.6. The number of halogens is 2. The molecule has 1 atom stereocenters. The first-order valence-corrected chi connectivity index (χ1v) is 11.1. The molecule has 6 heteroatoms. The van der Waals surface area contributed by atoms with Crippen LogP contribution in [-0.2, 0) is 0 Å². The fourth-order valence-electron chi connectivity index (χ4n) is 4.22. The van der Waals surface area contributed by atoms with Crippen LogP contribution in [0.5, 0.6) is 0 Å². The molecule has 4 nitrogen and oxygen atoms in total. The van der Waals surface area contributed by atoms with E-state index in [0.29, 0.717) is 34.3 Å². The number of Topliss-reactive ketones (excluding diaryl/α,β-unsaturated/α-hetero) is 1. The fourth-order valence-corrected chi connectivity index (χ4v) is 4.45. The van der Waals surface area contributed by atoms with Crippen LogP contribution in [-0.4, -0.2) is 27.3 Å². The highest BCUT2D eigenvalue weighted by Gasteiger charge is 2.32. The molecule has 4 aromatic rings. The minimum Gasteiger partial charge on any atom is -0.396 e. The van der Waals surface area contributed by atoms with Gasteiger partial charge in [0.1, 0.15) is 11.5 Å². The van der Waals surface area contributed by atoms with Crippen molar-refractivity contribution in [1.82, 2.24) is 9.78 Å². The van der Waals surface area contributed by atoms with E-state index in [4.69, 9.17) is 16.7 Å². The second kappa shape index (κ2) is 8.49. The minimum absolute atomic E-state index is 0.00370. The number of nitrogens with zero attached hydrogens (tertiary/aromatic N) is 2. The van der Waals surface area contributed by atoms with Gasteiger partial charge in [0.05, 0.1) is 16.2 Å². The molecular formula is C26H22ClFN2O2. The Labute approximate surface area is 190 Å². The zero-order valence-corrected chi connectivity index (χ0v) is 18.1. The van der Waals surface area contributed by atoms with E-state index in [1.54, 1.807) is 16.8 Å². The van der Waals surface area contributed by atoms with Crippen molar-refractivity contribution in [3.8, 4) is 16.9 Å². The van der Waals surface area contributed by atoms with Crippen LogP contribution in [0.2, 0.25) is 5.02 Å². The van der Waals surface area contributed by atoms with Gasteiger partial charge in [0.25, 0.3) is 0 Å². The third kappa shape index (κ3) is 3.94. The van der Waals surface area contributed by atoms with E-state index in [0.717, 1.165) is 29.3 Å². The highest BCUT2D eigenvalue weighted by molar-refractivity contribution is 6.33. The number of carbonyl (C=O) groups is 1. The molecule has 0 radical (unpaired) electrons. The SMILES string of the molecule is O=C(CC(CO)C1CC1)c1ccc2c(-c3ccccc3Cl)nn(-c3ccc(F)cc3)c2c1. The number of rotatable bonds is 7. The number of ketones is 1. The van der Waals surface area contributed by atoms with Crippen LogP contribution in [0.3, 0.4) is 0 Å². The lowest BCUT2D eigenvalue weighted by molar-refractivity contribution is 0.0924. The Morgan fingerprint density at radius 1 is 1.12 bits per heavy atom. The van der Waals surface area contributed by atoms with E-state index < -0.39 is 0 Å². The van der Waals surface area contributed by atoms with Gasteiger partial charge in [0, 0.05) is 29.5 Å². The number of fused-ring (bicyclic) bond motifs is 1. The third-order valence-electron chi connectivity index (χ3n) is 6.17. The van der Waals surface area contributed by atoms with E-state index in [1.807, 2.05) is 42.5 Å². The second-order valence-electron chi connectivity index (χ2n) is 8.36. The molecule has 0 spiro atoms. The maximum absolute atomic E-state index is 13.5. The molecule has 0 saturated heterocycles. The minimum atomic E-state index is -0.331. The average Bonchev–Trinajstić information content (AvgIpc) is 3.59. The molecule has 0 bridgehead atoms. The van der Waals surface area contributed by atoms with Gasteiger partial charge in [0.2, 0.25) is 0 Å². The molecule has 1 heterocycles. The molecule has 32 heavy (non-hydrogen) atoms. The van der Waals surface area contributed by atoms with Crippen LogP contribution in [0.15, 0.2) is 66.7 Å². The number of carbonyl (C=O) groups excluding carboxylic acids is 1. The lowest BCUT2D eigenvalue weighted by Crippen LogP contribution is -2.14. The van der Waals surface area contributed by atoms with Crippen molar-refractivity contribution in [2.24, 2.45) is 11.8 Å². The first kappa shape index (κ1) is 20.9. The summed E-state index contributed by atoms with van der Waals surface area (Å²) in [6.45, 7) is 0.0306. The molecule has 1 aromatic heterocycles. The molecular weight excluding hydrogens is 427 g/mol. The maximum Gasteiger partial charge on any atom is 0.163 e. The number of aliphatic hydroxyl groups is 1. The van der Waals surface area contributed by atoms with Crippen LogP contribution >= 0.6 is 11.6 Å². The van der Waals surface area contributed by atoms with Crippen molar-refractivity contribution >= 4 is 28.3 Å². The quantitative estimate of drug-likeness (QED) is 0.349. The molecule has 162 valence electrons. The predicted octanol–water partition coefficient (Wildman–Crippen LogP) is 6.08. The van der Waals surface area contributed by atoms with Gasteiger partial charge in [0.15, 0.2) is 5.78 Å². The summed E-state index contributed by atoms with van der Waals surface area (Å²) in [5, 5.41) is 15.9. The van der Waals surface area contributed by atoms with E-state index in [1.165, 1.54) is 12.1 Å². The molecule has 5 rings (SSSR count). The van der Waals surface area contributed by atoms with E-state index in [-0.39, 0.29) is 24.1 Å². The van der Waals surface area contributed by atoms with Crippen molar-refractivity contribution < 1.29 is 14.3 Å². The molecule has 0 amide bonds. The van der Waals surface area contributed by atoms with E-state index in [2.05, 4.69) is 0 Å². The smallest absolute Gasteiger partial charge is 0.163 e. The molecule has 0 aliphatic heterocycles. The first-order valence-electron chi connectivity index (χ1n) is 10.7. The first-order chi connectivity index (χ1) is 15.5. The Hall–Kier alpha value is -3.02. The Balaban J connectivity index is 1.63. The highest BCUT2D eigenvalue weighted by atomic mass is 35.5. The Kier molecular flexibility index (Phi) is 5.53. The van der Waals surface area contributed by atoms with Gasteiger partial charge in [-0.15, -0.1) is 0 Å². The van der Waals surface area contributed by atoms with Gasteiger partial charge >= 0.3 is 0 Å². The van der Waals surface area contributed by atoms with Gasteiger partial charge < -0.3 is 5.11 Å². The second-order valence-corrected chi connectivity index (χ2v) is 8.76. The number of aliphatic hydroxyl groups excluding tert-OH is 1. The maximum atomic E-state index is 13.5. The molecule has 1 fully saturated rings. The van der Waals surface area contributed by atoms with Crippen molar-refractivity contribution in [1.29, 1.82) is 0 Å². The summed E-state index contributed by atoms with van der Waals surface area (Å²) in [4.78, 5) is 13.0. The molecule has 1 aliphatic carbocycles. The molecule has 1 N–H and O–H groups in total. The van der Waals surface area contributed by atoms with E-state index in [9.17, 15) is 14.3 Å². The van der Waals surface area contributed by atoms with Gasteiger partial charge in [-0.05, 0) is 67.1 Å². The summed E-state index contributed by atoms with van der Waals surface area (Å²) in [5.41, 5.74) is 3.48. The molecule has 1 unspecified atom stereocenters. The van der Waals surface area contributed by atoms with Crippen molar-refractivity contribution in [2.45, 2.75) is 19.3 Å². The number of aromatic nitrogens is 2. The van der Waals surface area contributed by atoms with E-state index >= 15 is 0 Å². The topological polar surface area (TPSA) is 55.1 Å². The summed E-state index contributed by atoms with van der Waals surface area (Å²) in [5.74, 6) is 0.134. The van der Waals surface area contributed by atoms with Crippen LogP contribution < -0.4 is 0 Å². The Morgan fingerprint density at radius 3 is 2.56 bits per heavy atom. The van der Waals surface area contributed by atoms with Crippen LogP contribution in [0.4, 0.5) is 4.39 Å². The molecule has 1 aliphatic rings. The van der Waals surface area contributed by atoms with Crippen molar-refractivity contribution in [2.75, 3.05) is 6.61 Å². The highest BCUT2D eigenvalue weighted by Crippen LogP contribution is 2.39. The van der Waals surface area contributed by atoms with Crippen LogP contribution in [0, 0.1) is 17.7 Å². The largest absolute Gasteiger partial charge is 0.396 e. The Morgan fingerprint density at radius 2 is 1.88 bits per heavy atom.